The van der Waals surface area contributed by atoms with E-state index < -0.39 is 0 Å². The van der Waals surface area contributed by atoms with Crippen LogP contribution in [0.4, 0.5) is 0 Å². The average Bonchev–Trinajstić information content (AvgIpc) is 3.14. The number of hydrogen-bond donors (Lipinski definition) is 1. The first-order valence-corrected chi connectivity index (χ1v) is 8.67. The van der Waals surface area contributed by atoms with Crippen LogP contribution in [0.1, 0.15) is 28.9 Å². The van der Waals surface area contributed by atoms with Crippen molar-refractivity contribution in [2.24, 2.45) is 0 Å². The van der Waals surface area contributed by atoms with Gasteiger partial charge in [-0.05, 0) is 45.0 Å². The highest BCUT2D eigenvalue weighted by Crippen LogP contribution is 2.23. The Kier molecular flexibility index (Phi) is 4.82. The van der Waals surface area contributed by atoms with Crippen LogP contribution in [0.25, 0.3) is 5.69 Å². The number of halogens is 1. The third-order valence-electron chi connectivity index (χ3n) is 4.37. The van der Waals surface area contributed by atoms with E-state index in [1.807, 2.05) is 47.8 Å². The number of rotatable bonds is 4. The zero-order valence-corrected chi connectivity index (χ0v) is 15.0. The van der Waals surface area contributed by atoms with Crippen molar-refractivity contribution in [1.29, 1.82) is 0 Å². The lowest BCUT2D eigenvalue weighted by molar-refractivity contribution is 0.0736. The van der Waals surface area contributed by atoms with Crippen LogP contribution >= 0.6 is 15.9 Å². The quantitative estimate of drug-likeness (QED) is 0.892. The minimum atomic E-state index is 0.0847. The van der Waals surface area contributed by atoms with Crippen molar-refractivity contribution in [3.05, 3.63) is 46.2 Å². The molecule has 23 heavy (non-hydrogen) atoms. The Labute approximate surface area is 144 Å². The van der Waals surface area contributed by atoms with Gasteiger partial charge in [-0.3, -0.25) is 4.79 Å². The Balaban J connectivity index is 1.88. The van der Waals surface area contributed by atoms with Gasteiger partial charge >= 0.3 is 0 Å². The molecular weight excluding hydrogens is 356 g/mol. The molecule has 5 nitrogen and oxygen atoms in total. The van der Waals surface area contributed by atoms with E-state index in [2.05, 4.69) is 26.3 Å². The van der Waals surface area contributed by atoms with Crippen LogP contribution in [0.3, 0.4) is 0 Å². The van der Waals surface area contributed by atoms with Crippen molar-refractivity contribution in [2.45, 2.75) is 25.8 Å². The molecule has 0 spiro atoms. The summed E-state index contributed by atoms with van der Waals surface area (Å²) in [6.45, 7) is 3.61. The molecule has 1 unspecified atom stereocenters. The van der Waals surface area contributed by atoms with Gasteiger partial charge in [-0.15, -0.1) is 0 Å². The molecule has 1 fully saturated rings. The first-order valence-electron chi connectivity index (χ1n) is 7.88. The van der Waals surface area contributed by atoms with Gasteiger partial charge in [0.1, 0.15) is 0 Å². The largest absolute Gasteiger partial charge is 0.334 e. The van der Waals surface area contributed by atoms with Gasteiger partial charge in [0.15, 0.2) is 0 Å². The molecule has 0 aliphatic carbocycles. The summed E-state index contributed by atoms with van der Waals surface area (Å²) in [5, 5.41) is 7.60. The van der Waals surface area contributed by atoms with E-state index in [1.54, 1.807) is 6.20 Å². The first kappa shape index (κ1) is 16.2. The molecule has 0 bridgehead atoms. The molecular formula is C17H21BrN4O. The second-order valence-electron chi connectivity index (χ2n) is 5.89. The molecule has 122 valence electrons. The van der Waals surface area contributed by atoms with Crippen LogP contribution < -0.4 is 5.32 Å². The lowest BCUT2D eigenvalue weighted by Gasteiger charge is -2.24. The minimum absolute atomic E-state index is 0.0847. The van der Waals surface area contributed by atoms with E-state index >= 15 is 0 Å². The van der Waals surface area contributed by atoms with Gasteiger partial charge in [-0.25, -0.2) is 4.68 Å². The van der Waals surface area contributed by atoms with Crippen LogP contribution in [-0.2, 0) is 0 Å². The van der Waals surface area contributed by atoms with Crippen LogP contribution in [0, 0.1) is 6.92 Å². The maximum absolute atomic E-state index is 12.9. The SMILES string of the molecule is CNCC1CCCN1C(=O)c1cnn(-c2cccc(Br)c2)c1C. The molecule has 1 saturated heterocycles. The Hall–Kier alpha value is -1.66. The molecule has 1 aliphatic rings. The Morgan fingerprint density at radius 3 is 3.04 bits per heavy atom. The van der Waals surface area contributed by atoms with E-state index in [9.17, 15) is 4.79 Å². The molecule has 2 aromatic rings. The normalized spacial score (nSPS) is 17.7. The Bertz CT molecular complexity index is 712. The maximum Gasteiger partial charge on any atom is 0.257 e. The van der Waals surface area contributed by atoms with Crippen molar-refractivity contribution in [3.63, 3.8) is 0 Å². The molecule has 2 heterocycles. The van der Waals surface area contributed by atoms with Crippen LogP contribution in [0.2, 0.25) is 0 Å². The standard InChI is InChI=1S/C17H21BrN4O/c1-12-16(17(23)21-8-4-7-15(21)10-19-2)11-20-22(12)14-6-3-5-13(18)9-14/h3,5-6,9,11,15,19H,4,7-8,10H2,1-2H3. The summed E-state index contributed by atoms with van der Waals surface area (Å²) in [4.78, 5) is 14.9. The summed E-state index contributed by atoms with van der Waals surface area (Å²) in [7, 11) is 1.93. The van der Waals surface area contributed by atoms with Gasteiger partial charge < -0.3 is 10.2 Å². The number of benzene rings is 1. The fraction of sp³-hybridized carbons (Fsp3) is 0.412. The molecule has 0 saturated carbocycles. The smallest absolute Gasteiger partial charge is 0.257 e. The molecule has 1 N–H and O–H groups in total. The van der Waals surface area contributed by atoms with Gasteiger partial charge in [-0.2, -0.15) is 5.10 Å². The highest BCUT2D eigenvalue weighted by molar-refractivity contribution is 9.10. The van der Waals surface area contributed by atoms with E-state index in [0.29, 0.717) is 5.56 Å². The molecule has 1 aromatic carbocycles. The van der Waals surface area contributed by atoms with Gasteiger partial charge in [0.05, 0.1) is 23.1 Å². The van der Waals surface area contributed by atoms with E-state index in [4.69, 9.17) is 0 Å². The lowest BCUT2D eigenvalue weighted by Crippen LogP contribution is -2.41. The van der Waals surface area contributed by atoms with Crippen LogP contribution in [0.15, 0.2) is 34.9 Å². The maximum atomic E-state index is 12.9. The van der Waals surface area contributed by atoms with Crippen molar-refractivity contribution in [3.8, 4) is 5.69 Å². The zero-order chi connectivity index (χ0) is 16.4. The minimum Gasteiger partial charge on any atom is -0.334 e. The predicted octanol–water partition coefficient (Wildman–Crippen LogP) is 2.77. The average molecular weight is 377 g/mol. The zero-order valence-electron chi connectivity index (χ0n) is 13.4. The highest BCUT2D eigenvalue weighted by atomic mass is 79.9. The summed E-state index contributed by atoms with van der Waals surface area (Å²) in [6.07, 6.45) is 3.82. The molecule has 0 radical (unpaired) electrons. The van der Waals surface area contributed by atoms with Gasteiger partial charge in [0.2, 0.25) is 0 Å². The molecule has 3 rings (SSSR count). The monoisotopic (exact) mass is 376 g/mol. The number of carbonyl (C=O) groups is 1. The molecule has 1 aromatic heterocycles. The van der Waals surface area contributed by atoms with Crippen molar-refractivity contribution >= 4 is 21.8 Å². The Morgan fingerprint density at radius 1 is 1.48 bits per heavy atom. The number of hydrogen-bond acceptors (Lipinski definition) is 3. The predicted molar refractivity (Wildman–Crippen MR) is 94.0 cm³/mol. The van der Waals surface area contributed by atoms with E-state index in [-0.39, 0.29) is 11.9 Å². The number of nitrogens with zero attached hydrogens (tertiary/aromatic N) is 3. The van der Waals surface area contributed by atoms with Crippen molar-refractivity contribution < 1.29 is 4.79 Å². The molecule has 6 heteroatoms. The number of likely N-dealkylation sites (N-methyl/N-ethyl adjacent to an activating group) is 1. The fourth-order valence-corrected chi connectivity index (χ4v) is 3.58. The Morgan fingerprint density at radius 2 is 2.30 bits per heavy atom. The van der Waals surface area contributed by atoms with Crippen molar-refractivity contribution in [2.75, 3.05) is 20.1 Å². The third-order valence-corrected chi connectivity index (χ3v) is 4.86. The van der Waals surface area contributed by atoms with E-state index in [1.165, 1.54) is 0 Å². The van der Waals surface area contributed by atoms with E-state index in [0.717, 1.165) is 41.8 Å². The summed E-state index contributed by atoms with van der Waals surface area (Å²) in [6, 6.07) is 8.19. The number of aromatic nitrogens is 2. The number of amides is 1. The summed E-state index contributed by atoms with van der Waals surface area (Å²) >= 11 is 3.48. The summed E-state index contributed by atoms with van der Waals surface area (Å²) < 4.78 is 2.81. The third kappa shape index (κ3) is 3.19. The summed E-state index contributed by atoms with van der Waals surface area (Å²) in [5.74, 6) is 0.0847. The fourth-order valence-electron chi connectivity index (χ4n) is 3.19. The first-order chi connectivity index (χ1) is 11.1. The highest BCUT2D eigenvalue weighted by Gasteiger charge is 2.30. The molecule has 1 amide bonds. The van der Waals surface area contributed by atoms with Crippen LogP contribution in [-0.4, -0.2) is 46.8 Å². The number of likely N-dealkylation sites (tertiary alicyclic amines) is 1. The molecule has 1 aliphatic heterocycles. The second kappa shape index (κ2) is 6.84. The number of carbonyl (C=O) groups excluding carboxylic acids is 1. The number of nitrogens with one attached hydrogen (secondary N) is 1. The molecule has 1 atom stereocenters. The van der Waals surface area contributed by atoms with Gasteiger partial charge in [-0.1, -0.05) is 22.0 Å². The second-order valence-corrected chi connectivity index (χ2v) is 6.80. The topological polar surface area (TPSA) is 50.2 Å². The lowest BCUT2D eigenvalue weighted by atomic mass is 10.2. The summed E-state index contributed by atoms with van der Waals surface area (Å²) in [5.41, 5.74) is 2.51. The van der Waals surface area contributed by atoms with Gasteiger partial charge in [0, 0.05) is 23.6 Å². The van der Waals surface area contributed by atoms with Crippen LogP contribution in [0.5, 0.6) is 0 Å². The van der Waals surface area contributed by atoms with Crippen molar-refractivity contribution in [1.82, 2.24) is 20.0 Å². The van der Waals surface area contributed by atoms with Gasteiger partial charge in [0.25, 0.3) is 5.91 Å².